The van der Waals surface area contributed by atoms with Gasteiger partial charge in [0.2, 0.25) is 5.91 Å². The standard InChI is InChI=1S/C13H14ClFN2O3/c1-20-13(19)17-6-2-3-11(17)12(18)16-8-4-5-10(15)9(14)7-8/h4-5,7,11H,2-3,6H2,1H3,(H,16,18). The molecule has 1 saturated heterocycles. The number of amides is 2. The molecule has 0 bridgehead atoms. The second-order valence-corrected chi connectivity index (χ2v) is 4.85. The van der Waals surface area contributed by atoms with Crippen molar-refractivity contribution in [1.82, 2.24) is 4.90 Å². The lowest BCUT2D eigenvalue weighted by Crippen LogP contribution is -2.43. The molecule has 1 unspecified atom stereocenters. The Balaban J connectivity index is 2.07. The molecule has 20 heavy (non-hydrogen) atoms. The Morgan fingerprint density at radius 2 is 2.25 bits per heavy atom. The van der Waals surface area contributed by atoms with Gasteiger partial charge in [-0.1, -0.05) is 11.6 Å². The number of ether oxygens (including phenoxy) is 1. The van der Waals surface area contributed by atoms with Crippen LogP contribution >= 0.6 is 11.6 Å². The van der Waals surface area contributed by atoms with Crippen LogP contribution in [-0.4, -0.2) is 36.6 Å². The van der Waals surface area contributed by atoms with Gasteiger partial charge in [-0.05, 0) is 31.0 Å². The summed E-state index contributed by atoms with van der Waals surface area (Å²) in [7, 11) is 1.27. The molecule has 0 radical (unpaired) electrons. The smallest absolute Gasteiger partial charge is 0.410 e. The lowest BCUT2D eigenvalue weighted by Gasteiger charge is -2.22. The molecule has 0 aromatic heterocycles. The highest BCUT2D eigenvalue weighted by Crippen LogP contribution is 2.22. The molecule has 1 aliphatic heterocycles. The van der Waals surface area contributed by atoms with Gasteiger partial charge in [0.25, 0.3) is 0 Å². The third-order valence-electron chi connectivity index (χ3n) is 3.15. The molecule has 1 aromatic carbocycles. The largest absolute Gasteiger partial charge is 0.453 e. The number of likely N-dealkylation sites (tertiary alicyclic amines) is 1. The molecule has 1 atom stereocenters. The Kier molecular flexibility index (Phi) is 4.44. The number of halogens is 2. The SMILES string of the molecule is COC(=O)N1CCCC1C(=O)Nc1ccc(F)c(Cl)c1. The second-order valence-electron chi connectivity index (χ2n) is 4.44. The fourth-order valence-electron chi connectivity index (χ4n) is 2.17. The minimum absolute atomic E-state index is 0.0703. The molecule has 108 valence electrons. The van der Waals surface area contributed by atoms with E-state index in [-0.39, 0.29) is 10.9 Å². The number of hydrogen-bond acceptors (Lipinski definition) is 3. The maximum Gasteiger partial charge on any atom is 0.410 e. The van der Waals surface area contributed by atoms with Crippen molar-refractivity contribution in [3.8, 4) is 0 Å². The summed E-state index contributed by atoms with van der Waals surface area (Å²) in [6.45, 7) is 0.481. The van der Waals surface area contributed by atoms with E-state index in [1.807, 2.05) is 0 Å². The predicted octanol–water partition coefficient (Wildman–Crippen LogP) is 2.65. The molecular formula is C13H14ClFN2O3. The summed E-state index contributed by atoms with van der Waals surface area (Å²) in [4.78, 5) is 25.1. The Morgan fingerprint density at radius 3 is 2.90 bits per heavy atom. The summed E-state index contributed by atoms with van der Waals surface area (Å²) in [6, 6.07) is 3.33. The van der Waals surface area contributed by atoms with Crippen molar-refractivity contribution >= 4 is 29.3 Å². The molecule has 1 aromatic rings. The highest BCUT2D eigenvalue weighted by Gasteiger charge is 2.34. The lowest BCUT2D eigenvalue weighted by molar-refractivity contribution is -0.119. The third kappa shape index (κ3) is 3.01. The average molecular weight is 301 g/mol. The molecule has 7 heteroatoms. The van der Waals surface area contributed by atoms with Crippen LogP contribution in [0.15, 0.2) is 18.2 Å². The van der Waals surface area contributed by atoms with Gasteiger partial charge in [-0.25, -0.2) is 9.18 Å². The van der Waals surface area contributed by atoms with Gasteiger partial charge in [0, 0.05) is 12.2 Å². The summed E-state index contributed by atoms with van der Waals surface area (Å²) >= 11 is 5.65. The van der Waals surface area contributed by atoms with Crippen molar-refractivity contribution in [2.45, 2.75) is 18.9 Å². The van der Waals surface area contributed by atoms with Crippen LogP contribution < -0.4 is 5.32 Å². The molecule has 1 N–H and O–H groups in total. The van der Waals surface area contributed by atoms with Crippen molar-refractivity contribution < 1.29 is 18.7 Å². The zero-order valence-corrected chi connectivity index (χ0v) is 11.6. The minimum Gasteiger partial charge on any atom is -0.453 e. The molecule has 0 aliphatic carbocycles. The van der Waals surface area contributed by atoms with Crippen LogP contribution in [0.1, 0.15) is 12.8 Å². The first-order valence-corrected chi connectivity index (χ1v) is 6.51. The lowest BCUT2D eigenvalue weighted by atomic mass is 10.2. The maximum absolute atomic E-state index is 13.0. The van der Waals surface area contributed by atoms with Gasteiger partial charge < -0.3 is 10.1 Å². The van der Waals surface area contributed by atoms with Gasteiger partial charge in [0.05, 0.1) is 12.1 Å². The monoisotopic (exact) mass is 300 g/mol. The predicted molar refractivity (Wildman–Crippen MR) is 72.2 cm³/mol. The van der Waals surface area contributed by atoms with E-state index >= 15 is 0 Å². The summed E-state index contributed by atoms with van der Waals surface area (Å²) in [5.41, 5.74) is 0.387. The number of hydrogen-bond donors (Lipinski definition) is 1. The molecule has 2 rings (SSSR count). The highest BCUT2D eigenvalue weighted by molar-refractivity contribution is 6.31. The number of nitrogens with zero attached hydrogens (tertiary/aromatic N) is 1. The zero-order valence-electron chi connectivity index (χ0n) is 10.9. The van der Waals surface area contributed by atoms with Crippen LogP contribution in [0.25, 0.3) is 0 Å². The number of carbonyl (C=O) groups excluding carboxylic acids is 2. The molecule has 0 saturated carbocycles. The molecule has 1 heterocycles. The normalized spacial score (nSPS) is 17.9. The Morgan fingerprint density at radius 1 is 1.50 bits per heavy atom. The number of rotatable bonds is 2. The number of nitrogens with one attached hydrogen (secondary N) is 1. The first-order chi connectivity index (χ1) is 9.52. The van der Waals surface area contributed by atoms with Crippen LogP contribution in [0.2, 0.25) is 5.02 Å². The van der Waals surface area contributed by atoms with Crippen molar-refractivity contribution in [3.63, 3.8) is 0 Å². The van der Waals surface area contributed by atoms with Gasteiger partial charge in [-0.2, -0.15) is 0 Å². The van der Waals surface area contributed by atoms with Gasteiger partial charge in [-0.15, -0.1) is 0 Å². The average Bonchev–Trinajstić information content (AvgIpc) is 2.91. The first-order valence-electron chi connectivity index (χ1n) is 6.13. The van der Waals surface area contributed by atoms with Gasteiger partial charge in [0.1, 0.15) is 11.9 Å². The zero-order chi connectivity index (χ0) is 14.7. The molecule has 1 fully saturated rings. The van der Waals surface area contributed by atoms with Gasteiger partial charge in [-0.3, -0.25) is 9.69 Å². The quantitative estimate of drug-likeness (QED) is 0.913. The summed E-state index contributed by atoms with van der Waals surface area (Å²) in [5, 5.41) is 2.55. The van der Waals surface area contributed by atoms with E-state index < -0.39 is 18.0 Å². The van der Waals surface area contributed by atoms with E-state index in [2.05, 4.69) is 10.1 Å². The van der Waals surface area contributed by atoms with Crippen LogP contribution in [0.3, 0.4) is 0 Å². The van der Waals surface area contributed by atoms with E-state index in [9.17, 15) is 14.0 Å². The fraction of sp³-hybridized carbons (Fsp3) is 0.385. The van der Waals surface area contributed by atoms with Crippen LogP contribution in [0.5, 0.6) is 0 Å². The van der Waals surface area contributed by atoms with Crippen LogP contribution in [0.4, 0.5) is 14.9 Å². The third-order valence-corrected chi connectivity index (χ3v) is 3.44. The summed E-state index contributed by atoms with van der Waals surface area (Å²) < 4.78 is 17.7. The fourth-order valence-corrected chi connectivity index (χ4v) is 2.36. The number of carbonyl (C=O) groups is 2. The molecule has 0 spiro atoms. The van der Waals surface area contributed by atoms with E-state index in [0.717, 1.165) is 6.42 Å². The Hall–Kier alpha value is -1.82. The van der Waals surface area contributed by atoms with E-state index in [0.29, 0.717) is 18.7 Å². The molecule has 1 aliphatic rings. The van der Waals surface area contributed by atoms with Gasteiger partial charge >= 0.3 is 6.09 Å². The van der Waals surface area contributed by atoms with E-state index in [1.54, 1.807) is 0 Å². The van der Waals surface area contributed by atoms with Crippen molar-refractivity contribution in [3.05, 3.63) is 29.0 Å². The number of methoxy groups -OCH3 is 1. The van der Waals surface area contributed by atoms with E-state index in [1.165, 1.54) is 30.2 Å². The van der Waals surface area contributed by atoms with Crippen molar-refractivity contribution in [2.24, 2.45) is 0 Å². The summed E-state index contributed by atoms with van der Waals surface area (Å²) in [5.74, 6) is -0.891. The molecule has 2 amide bonds. The Labute approximate surface area is 120 Å². The van der Waals surface area contributed by atoms with Gasteiger partial charge in [0.15, 0.2) is 0 Å². The highest BCUT2D eigenvalue weighted by atomic mass is 35.5. The maximum atomic E-state index is 13.0. The van der Waals surface area contributed by atoms with Crippen LogP contribution in [-0.2, 0) is 9.53 Å². The molecule has 5 nitrogen and oxygen atoms in total. The van der Waals surface area contributed by atoms with E-state index in [4.69, 9.17) is 11.6 Å². The summed E-state index contributed by atoms with van der Waals surface area (Å²) in [6.07, 6.45) is 0.771. The molecular weight excluding hydrogens is 287 g/mol. The number of anilines is 1. The second kappa shape index (κ2) is 6.09. The van der Waals surface area contributed by atoms with Crippen molar-refractivity contribution in [2.75, 3.05) is 19.0 Å². The topological polar surface area (TPSA) is 58.6 Å². The van der Waals surface area contributed by atoms with Crippen LogP contribution in [0, 0.1) is 5.82 Å². The number of benzene rings is 1. The van der Waals surface area contributed by atoms with Crippen molar-refractivity contribution in [1.29, 1.82) is 0 Å². The Bertz CT molecular complexity index is 538. The first kappa shape index (κ1) is 14.6. The minimum atomic E-state index is -0.578.